The van der Waals surface area contributed by atoms with Crippen LogP contribution in [0.25, 0.3) is 10.9 Å². The van der Waals surface area contributed by atoms with E-state index in [1.807, 2.05) is 18.3 Å². The first-order valence-electron chi connectivity index (χ1n) is 9.66. The van der Waals surface area contributed by atoms with E-state index in [2.05, 4.69) is 44.0 Å². The van der Waals surface area contributed by atoms with Crippen LogP contribution < -0.4 is 15.4 Å². The Balaban J connectivity index is 1.48. The molecule has 1 fully saturated rings. The lowest BCUT2D eigenvalue weighted by atomic mass is 10.2. The molecule has 1 aliphatic heterocycles. The van der Waals surface area contributed by atoms with Crippen LogP contribution in [0.5, 0.6) is 0 Å². The van der Waals surface area contributed by atoms with Crippen molar-refractivity contribution in [2.45, 2.75) is 13.0 Å². The fourth-order valence-electron chi connectivity index (χ4n) is 3.57. The van der Waals surface area contributed by atoms with Gasteiger partial charge in [0.2, 0.25) is 5.95 Å². The topological polar surface area (TPSA) is 63.5 Å². The highest BCUT2D eigenvalue weighted by Gasteiger charge is 2.19. The lowest BCUT2D eigenvalue weighted by molar-refractivity contribution is 0.190. The van der Waals surface area contributed by atoms with Crippen LogP contribution >= 0.6 is 0 Å². The SMILES string of the molecule is COCCCn1ccc2nc(N3CCN(c4ccccc4)CC3)ncc2c1=O. The van der Waals surface area contributed by atoms with Gasteiger partial charge in [-0.05, 0) is 24.6 Å². The molecule has 0 aliphatic carbocycles. The Hall–Kier alpha value is -2.93. The Bertz CT molecular complexity index is 981. The van der Waals surface area contributed by atoms with Gasteiger partial charge in [-0.25, -0.2) is 9.97 Å². The number of methoxy groups -OCH3 is 1. The number of anilines is 2. The van der Waals surface area contributed by atoms with Crippen LogP contribution in [0.2, 0.25) is 0 Å². The van der Waals surface area contributed by atoms with Crippen LogP contribution in [0, 0.1) is 0 Å². The number of aryl methyl sites for hydroxylation is 1. The van der Waals surface area contributed by atoms with Crippen LogP contribution in [0.3, 0.4) is 0 Å². The van der Waals surface area contributed by atoms with Crippen LogP contribution in [-0.2, 0) is 11.3 Å². The van der Waals surface area contributed by atoms with Crippen molar-refractivity contribution in [1.29, 1.82) is 0 Å². The summed E-state index contributed by atoms with van der Waals surface area (Å²) in [5.74, 6) is 0.691. The van der Waals surface area contributed by atoms with E-state index in [1.54, 1.807) is 17.9 Å². The number of fused-ring (bicyclic) bond motifs is 1. The van der Waals surface area contributed by atoms with Gasteiger partial charge < -0.3 is 19.1 Å². The molecule has 4 rings (SSSR count). The quantitative estimate of drug-likeness (QED) is 0.612. The number of pyridine rings is 1. The van der Waals surface area contributed by atoms with E-state index < -0.39 is 0 Å². The zero-order valence-electron chi connectivity index (χ0n) is 16.1. The second-order valence-corrected chi connectivity index (χ2v) is 6.94. The Morgan fingerprint density at radius 1 is 1.04 bits per heavy atom. The highest BCUT2D eigenvalue weighted by molar-refractivity contribution is 5.77. The van der Waals surface area contributed by atoms with E-state index in [1.165, 1.54) is 5.69 Å². The molecule has 0 spiro atoms. The largest absolute Gasteiger partial charge is 0.385 e. The van der Waals surface area contributed by atoms with Gasteiger partial charge in [0.25, 0.3) is 5.56 Å². The number of piperazine rings is 1. The maximum Gasteiger partial charge on any atom is 0.261 e. The average Bonchev–Trinajstić information content (AvgIpc) is 2.76. The van der Waals surface area contributed by atoms with Crippen LogP contribution in [0.1, 0.15) is 6.42 Å². The molecule has 146 valence electrons. The van der Waals surface area contributed by atoms with Crippen molar-refractivity contribution < 1.29 is 4.74 Å². The number of benzene rings is 1. The molecule has 0 radical (unpaired) electrons. The summed E-state index contributed by atoms with van der Waals surface area (Å²) in [6.45, 7) is 4.82. The number of aromatic nitrogens is 3. The molecular weight excluding hydrogens is 354 g/mol. The van der Waals surface area contributed by atoms with Gasteiger partial charge in [-0.3, -0.25) is 4.79 Å². The second kappa shape index (κ2) is 8.39. The van der Waals surface area contributed by atoms with E-state index in [-0.39, 0.29) is 5.56 Å². The number of ether oxygens (including phenoxy) is 1. The molecule has 0 amide bonds. The Morgan fingerprint density at radius 3 is 2.54 bits per heavy atom. The highest BCUT2D eigenvalue weighted by atomic mass is 16.5. The van der Waals surface area contributed by atoms with Crippen LogP contribution in [0.4, 0.5) is 11.6 Å². The normalized spacial score (nSPS) is 14.6. The summed E-state index contributed by atoms with van der Waals surface area (Å²) in [5, 5.41) is 0.562. The van der Waals surface area contributed by atoms with Crippen molar-refractivity contribution in [1.82, 2.24) is 14.5 Å². The van der Waals surface area contributed by atoms with Crippen molar-refractivity contribution >= 4 is 22.5 Å². The van der Waals surface area contributed by atoms with Crippen molar-refractivity contribution in [2.75, 3.05) is 49.7 Å². The Kier molecular flexibility index (Phi) is 5.53. The summed E-state index contributed by atoms with van der Waals surface area (Å²) in [7, 11) is 1.66. The first-order chi connectivity index (χ1) is 13.8. The van der Waals surface area contributed by atoms with E-state index >= 15 is 0 Å². The molecule has 2 aromatic heterocycles. The van der Waals surface area contributed by atoms with Gasteiger partial charge in [-0.1, -0.05) is 18.2 Å². The predicted octanol–water partition coefficient (Wildman–Crippen LogP) is 2.15. The van der Waals surface area contributed by atoms with Crippen LogP contribution in [0.15, 0.2) is 53.6 Å². The molecule has 3 heterocycles. The lowest BCUT2D eigenvalue weighted by Crippen LogP contribution is -2.47. The standard InChI is InChI=1S/C21H25N5O2/c1-28-15-5-9-25-10-8-19-18(20(25)27)16-22-21(23-19)26-13-11-24(12-14-26)17-6-3-2-4-7-17/h2-4,6-8,10,16H,5,9,11-15H2,1H3. The third-order valence-corrected chi connectivity index (χ3v) is 5.14. The zero-order chi connectivity index (χ0) is 19.3. The first-order valence-corrected chi connectivity index (χ1v) is 9.66. The number of para-hydroxylation sites is 1. The lowest BCUT2D eigenvalue weighted by Gasteiger charge is -2.36. The highest BCUT2D eigenvalue weighted by Crippen LogP contribution is 2.19. The minimum absolute atomic E-state index is 0.0472. The van der Waals surface area contributed by atoms with E-state index in [0.29, 0.717) is 30.0 Å². The smallest absolute Gasteiger partial charge is 0.261 e. The third-order valence-electron chi connectivity index (χ3n) is 5.14. The zero-order valence-corrected chi connectivity index (χ0v) is 16.1. The summed E-state index contributed by atoms with van der Waals surface area (Å²) in [6.07, 6.45) is 4.27. The monoisotopic (exact) mass is 379 g/mol. The summed E-state index contributed by atoms with van der Waals surface area (Å²) in [4.78, 5) is 26.3. The molecule has 0 bridgehead atoms. The molecule has 28 heavy (non-hydrogen) atoms. The van der Waals surface area contributed by atoms with Crippen molar-refractivity contribution in [2.24, 2.45) is 0 Å². The predicted molar refractivity (Wildman–Crippen MR) is 111 cm³/mol. The molecule has 0 unspecified atom stereocenters. The summed E-state index contributed by atoms with van der Waals surface area (Å²) >= 11 is 0. The Labute approximate surface area is 164 Å². The van der Waals surface area contributed by atoms with Gasteiger partial charge >= 0.3 is 0 Å². The first kappa shape index (κ1) is 18.4. The van der Waals surface area contributed by atoms with E-state index in [4.69, 9.17) is 4.74 Å². The molecule has 0 N–H and O–H groups in total. The van der Waals surface area contributed by atoms with E-state index in [9.17, 15) is 4.79 Å². The van der Waals surface area contributed by atoms with Gasteiger partial charge in [0.1, 0.15) is 0 Å². The molecule has 1 saturated heterocycles. The number of hydrogen-bond donors (Lipinski definition) is 0. The molecule has 0 saturated carbocycles. The minimum atomic E-state index is -0.0472. The van der Waals surface area contributed by atoms with Crippen molar-refractivity contribution in [3.8, 4) is 0 Å². The molecule has 1 aromatic carbocycles. The third kappa shape index (κ3) is 3.84. The molecule has 0 atom stereocenters. The Morgan fingerprint density at radius 2 is 1.79 bits per heavy atom. The van der Waals surface area contributed by atoms with Gasteiger partial charge in [0, 0.05) is 64.5 Å². The van der Waals surface area contributed by atoms with E-state index in [0.717, 1.165) is 32.6 Å². The molecule has 7 heteroatoms. The number of nitrogens with zero attached hydrogens (tertiary/aromatic N) is 5. The molecular formula is C21H25N5O2. The van der Waals surface area contributed by atoms with Crippen LogP contribution in [-0.4, -0.2) is 54.4 Å². The maximum absolute atomic E-state index is 12.6. The number of hydrogen-bond acceptors (Lipinski definition) is 6. The minimum Gasteiger partial charge on any atom is -0.385 e. The van der Waals surface area contributed by atoms with Crippen molar-refractivity contribution in [3.05, 3.63) is 59.1 Å². The van der Waals surface area contributed by atoms with Gasteiger partial charge in [0.15, 0.2) is 0 Å². The second-order valence-electron chi connectivity index (χ2n) is 6.94. The molecule has 3 aromatic rings. The maximum atomic E-state index is 12.6. The summed E-state index contributed by atoms with van der Waals surface area (Å²) < 4.78 is 6.76. The van der Waals surface area contributed by atoms with Gasteiger partial charge in [0.05, 0.1) is 10.9 Å². The molecule has 1 aliphatic rings. The number of rotatable bonds is 6. The summed E-state index contributed by atoms with van der Waals surface area (Å²) in [6, 6.07) is 12.3. The van der Waals surface area contributed by atoms with Crippen molar-refractivity contribution in [3.63, 3.8) is 0 Å². The van der Waals surface area contributed by atoms with Gasteiger partial charge in [-0.2, -0.15) is 0 Å². The van der Waals surface area contributed by atoms with Gasteiger partial charge in [-0.15, -0.1) is 0 Å². The fraction of sp³-hybridized carbons (Fsp3) is 0.381. The summed E-state index contributed by atoms with van der Waals surface area (Å²) in [5.41, 5.74) is 1.90. The molecule has 7 nitrogen and oxygen atoms in total. The average molecular weight is 379 g/mol. The fourth-order valence-corrected chi connectivity index (χ4v) is 3.57.